The van der Waals surface area contributed by atoms with Crippen LogP contribution in [-0.2, 0) is 13.0 Å². The van der Waals surface area contributed by atoms with E-state index < -0.39 is 0 Å². The highest BCUT2D eigenvalue weighted by molar-refractivity contribution is 5.43. The standard InChI is InChI=1S/C18H23NO3/c1-13(19)9-14-7-8-17(18(11-14)21-3)22-12-15-5-4-6-16(10-15)20-2/h4-8,10-11,13H,9,12,19H2,1-3H3. The molecule has 0 heterocycles. The highest BCUT2D eigenvalue weighted by Gasteiger charge is 2.08. The number of hydrogen-bond donors (Lipinski definition) is 1. The summed E-state index contributed by atoms with van der Waals surface area (Å²) in [4.78, 5) is 0. The first-order chi connectivity index (χ1) is 10.6. The molecule has 0 aromatic heterocycles. The topological polar surface area (TPSA) is 53.7 Å². The van der Waals surface area contributed by atoms with Crippen LogP contribution in [0.2, 0.25) is 0 Å². The molecule has 2 aromatic carbocycles. The molecule has 0 bridgehead atoms. The lowest BCUT2D eigenvalue weighted by atomic mass is 10.1. The second-order valence-electron chi connectivity index (χ2n) is 5.31. The average molecular weight is 301 g/mol. The molecular formula is C18H23NO3. The quantitative estimate of drug-likeness (QED) is 0.853. The van der Waals surface area contributed by atoms with Gasteiger partial charge < -0.3 is 19.9 Å². The second kappa shape index (κ2) is 7.71. The van der Waals surface area contributed by atoms with E-state index in [4.69, 9.17) is 19.9 Å². The predicted octanol–water partition coefficient (Wildman–Crippen LogP) is 3.17. The number of methoxy groups -OCH3 is 2. The maximum atomic E-state index is 5.86. The van der Waals surface area contributed by atoms with Gasteiger partial charge in [-0.2, -0.15) is 0 Å². The fourth-order valence-electron chi connectivity index (χ4n) is 2.25. The van der Waals surface area contributed by atoms with Crippen LogP contribution in [0.15, 0.2) is 42.5 Å². The van der Waals surface area contributed by atoms with E-state index in [1.165, 1.54) is 0 Å². The highest BCUT2D eigenvalue weighted by Crippen LogP contribution is 2.29. The Kier molecular flexibility index (Phi) is 5.67. The van der Waals surface area contributed by atoms with Gasteiger partial charge in [-0.15, -0.1) is 0 Å². The molecule has 2 aromatic rings. The molecule has 4 nitrogen and oxygen atoms in total. The van der Waals surface area contributed by atoms with E-state index in [-0.39, 0.29) is 6.04 Å². The van der Waals surface area contributed by atoms with Gasteiger partial charge in [0.25, 0.3) is 0 Å². The average Bonchev–Trinajstić information content (AvgIpc) is 2.53. The third-order valence-corrected chi connectivity index (χ3v) is 3.31. The number of nitrogens with two attached hydrogens (primary N) is 1. The molecule has 0 fully saturated rings. The van der Waals surface area contributed by atoms with E-state index in [1.807, 2.05) is 49.4 Å². The third kappa shape index (κ3) is 4.40. The van der Waals surface area contributed by atoms with Crippen molar-refractivity contribution in [2.75, 3.05) is 14.2 Å². The van der Waals surface area contributed by atoms with Crippen LogP contribution in [0.4, 0.5) is 0 Å². The molecule has 0 spiro atoms. The van der Waals surface area contributed by atoms with Gasteiger partial charge >= 0.3 is 0 Å². The Hall–Kier alpha value is -2.20. The fraction of sp³-hybridized carbons (Fsp3) is 0.333. The highest BCUT2D eigenvalue weighted by atomic mass is 16.5. The van der Waals surface area contributed by atoms with Crippen molar-refractivity contribution >= 4 is 0 Å². The van der Waals surface area contributed by atoms with E-state index in [9.17, 15) is 0 Å². The van der Waals surface area contributed by atoms with Crippen LogP contribution in [0.5, 0.6) is 17.2 Å². The Balaban J connectivity index is 2.08. The lowest BCUT2D eigenvalue weighted by Gasteiger charge is -2.13. The smallest absolute Gasteiger partial charge is 0.161 e. The van der Waals surface area contributed by atoms with Gasteiger partial charge in [-0.05, 0) is 48.7 Å². The first-order valence-corrected chi connectivity index (χ1v) is 7.30. The summed E-state index contributed by atoms with van der Waals surface area (Å²) in [5.41, 5.74) is 8.01. The van der Waals surface area contributed by atoms with Gasteiger partial charge in [-0.25, -0.2) is 0 Å². The van der Waals surface area contributed by atoms with E-state index in [0.717, 1.165) is 34.8 Å². The molecule has 1 unspecified atom stereocenters. The summed E-state index contributed by atoms with van der Waals surface area (Å²) in [7, 11) is 3.30. The number of benzene rings is 2. The molecule has 0 aliphatic rings. The summed E-state index contributed by atoms with van der Waals surface area (Å²) in [6.07, 6.45) is 0.812. The van der Waals surface area contributed by atoms with E-state index in [0.29, 0.717) is 6.61 Å². The lowest BCUT2D eigenvalue weighted by Crippen LogP contribution is -2.17. The van der Waals surface area contributed by atoms with Crippen molar-refractivity contribution in [2.24, 2.45) is 5.73 Å². The molecule has 0 aliphatic carbocycles. The first kappa shape index (κ1) is 16.2. The Morgan fingerprint density at radius 2 is 1.77 bits per heavy atom. The number of hydrogen-bond acceptors (Lipinski definition) is 4. The zero-order valence-corrected chi connectivity index (χ0v) is 13.3. The van der Waals surface area contributed by atoms with Crippen molar-refractivity contribution in [3.05, 3.63) is 53.6 Å². The summed E-state index contributed by atoms with van der Waals surface area (Å²) >= 11 is 0. The predicted molar refractivity (Wildman–Crippen MR) is 87.7 cm³/mol. The Morgan fingerprint density at radius 3 is 2.45 bits per heavy atom. The normalized spacial score (nSPS) is 11.8. The Morgan fingerprint density at radius 1 is 0.955 bits per heavy atom. The second-order valence-corrected chi connectivity index (χ2v) is 5.31. The molecule has 1 atom stereocenters. The number of rotatable bonds is 7. The number of ether oxygens (including phenoxy) is 3. The SMILES string of the molecule is COc1cccc(COc2ccc(CC(C)N)cc2OC)c1. The molecule has 0 saturated carbocycles. The van der Waals surface area contributed by atoms with Crippen molar-refractivity contribution in [1.82, 2.24) is 0 Å². The van der Waals surface area contributed by atoms with Crippen molar-refractivity contribution in [3.63, 3.8) is 0 Å². The molecule has 4 heteroatoms. The van der Waals surface area contributed by atoms with Crippen LogP contribution in [0, 0.1) is 0 Å². The van der Waals surface area contributed by atoms with Crippen molar-refractivity contribution in [1.29, 1.82) is 0 Å². The molecule has 2 N–H and O–H groups in total. The molecule has 0 amide bonds. The molecule has 0 radical (unpaired) electrons. The van der Waals surface area contributed by atoms with Crippen LogP contribution in [0.25, 0.3) is 0 Å². The molecule has 2 rings (SSSR count). The van der Waals surface area contributed by atoms with Gasteiger partial charge in [0.2, 0.25) is 0 Å². The largest absolute Gasteiger partial charge is 0.497 e. The summed E-state index contributed by atoms with van der Waals surface area (Å²) < 4.78 is 16.5. The van der Waals surface area contributed by atoms with Crippen LogP contribution >= 0.6 is 0 Å². The zero-order valence-electron chi connectivity index (χ0n) is 13.3. The van der Waals surface area contributed by atoms with Crippen molar-refractivity contribution < 1.29 is 14.2 Å². The van der Waals surface area contributed by atoms with Crippen molar-refractivity contribution in [3.8, 4) is 17.2 Å². The minimum absolute atomic E-state index is 0.119. The Bertz CT molecular complexity index is 611. The van der Waals surface area contributed by atoms with Gasteiger partial charge in [0.1, 0.15) is 12.4 Å². The fourth-order valence-corrected chi connectivity index (χ4v) is 2.25. The van der Waals surface area contributed by atoms with Crippen LogP contribution in [0.1, 0.15) is 18.1 Å². The molecule has 22 heavy (non-hydrogen) atoms. The van der Waals surface area contributed by atoms with Gasteiger partial charge in [-0.3, -0.25) is 0 Å². The summed E-state index contributed by atoms with van der Waals surface area (Å²) in [6.45, 7) is 2.44. The molecule has 0 saturated heterocycles. The maximum Gasteiger partial charge on any atom is 0.161 e. The van der Waals surface area contributed by atoms with Gasteiger partial charge in [0.05, 0.1) is 14.2 Å². The summed E-state index contributed by atoms with van der Waals surface area (Å²) in [5, 5.41) is 0. The van der Waals surface area contributed by atoms with Gasteiger partial charge in [0.15, 0.2) is 11.5 Å². The van der Waals surface area contributed by atoms with E-state index in [2.05, 4.69) is 0 Å². The van der Waals surface area contributed by atoms with E-state index in [1.54, 1.807) is 14.2 Å². The van der Waals surface area contributed by atoms with Crippen LogP contribution < -0.4 is 19.9 Å². The first-order valence-electron chi connectivity index (χ1n) is 7.30. The lowest BCUT2D eigenvalue weighted by molar-refractivity contribution is 0.283. The molecule has 0 aliphatic heterocycles. The third-order valence-electron chi connectivity index (χ3n) is 3.31. The minimum Gasteiger partial charge on any atom is -0.497 e. The summed E-state index contributed by atoms with van der Waals surface area (Å²) in [6, 6.07) is 13.9. The van der Waals surface area contributed by atoms with Crippen LogP contribution in [-0.4, -0.2) is 20.3 Å². The zero-order chi connectivity index (χ0) is 15.9. The van der Waals surface area contributed by atoms with Gasteiger partial charge in [0, 0.05) is 6.04 Å². The van der Waals surface area contributed by atoms with Crippen molar-refractivity contribution in [2.45, 2.75) is 26.0 Å². The molecular weight excluding hydrogens is 278 g/mol. The Labute approximate surface area is 131 Å². The monoisotopic (exact) mass is 301 g/mol. The summed E-state index contributed by atoms with van der Waals surface area (Å²) in [5.74, 6) is 2.26. The minimum atomic E-state index is 0.119. The maximum absolute atomic E-state index is 5.86. The van der Waals surface area contributed by atoms with Gasteiger partial charge in [-0.1, -0.05) is 18.2 Å². The molecule has 118 valence electrons. The van der Waals surface area contributed by atoms with Crippen LogP contribution in [0.3, 0.4) is 0 Å². The van der Waals surface area contributed by atoms with E-state index >= 15 is 0 Å².